The van der Waals surface area contributed by atoms with Gasteiger partial charge in [-0.15, -0.1) is 0 Å². The zero-order chi connectivity index (χ0) is 36.9. The maximum absolute atomic E-state index is 14.8. The summed E-state index contributed by atoms with van der Waals surface area (Å²) in [5.41, 5.74) is 9.06. The van der Waals surface area contributed by atoms with Gasteiger partial charge < -0.3 is 30.3 Å². The molecule has 2 aromatic heterocycles. The number of hydrogen-bond acceptors (Lipinski definition) is 12. The highest BCUT2D eigenvalue weighted by atomic mass is 79.9. The molecular weight excluding hydrogens is 722 g/mol. The molecule has 2 aromatic carbocycles. The van der Waals surface area contributed by atoms with Crippen molar-refractivity contribution in [1.82, 2.24) is 25.3 Å². The van der Waals surface area contributed by atoms with E-state index in [0.29, 0.717) is 65.0 Å². The summed E-state index contributed by atoms with van der Waals surface area (Å²) in [5.74, 6) is -0.0683. The lowest BCUT2D eigenvalue weighted by Crippen LogP contribution is -2.49. The first kappa shape index (κ1) is 39.7. The van der Waals surface area contributed by atoms with E-state index in [4.69, 9.17) is 15.7 Å². The maximum atomic E-state index is 14.8. The summed E-state index contributed by atoms with van der Waals surface area (Å²) in [4.78, 5) is 20.9. The van der Waals surface area contributed by atoms with Gasteiger partial charge in [0.05, 0.1) is 24.3 Å². The first-order chi connectivity index (χ1) is 24.6. The van der Waals surface area contributed by atoms with Crippen LogP contribution in [0.15, 0.2) is 36.9 Å². The summed E-state index contributed by atoms with van der Waals surface area (Å²) in [6.07, 6.45) is 8.04. The Morgan fingerprint density at radius 1 is 0.784 bits per heavy atom. The third-order valence-corrected chi connectivity index (χ3v) is 8.92. The lowest BCUT2D eigenvalue weighted by atomic mass is 9.95. The summed E-state index contributed by atoms with van der Waals surface area (Å²) >= 11 is 3.18. The average Bonchev–Trinajstić information content (AvgIpc) is 3.11. The molecule has 4 heterocycles. The van der Waals surface area contributed by atoms with Crippen LogP contribution in [0.2, 0.25) is 0 Å². The molecule has 2 saturated heterocycles. The van der Waals surface area contributed by atoms with Gasteiger partial charge in [-0.1, -0.05) is 29.8 Å². The molecule has 2 fully saturated rings. The van der Waals surface area contributed by atoms with E-state index in [9.17, 15) is 14.0 Å². The quantitative estimate of drug-likeness (QED) is 0.184. The minimum absolute atomic E-state index is 0.00974. The van der Waals surface area contributed by atoms with Crippen molar-refractivity contribution in [2.45, 2.75) is 38.8 Å². The molecule has 0 aliphatic carbocycles. The highest BCUT2D eigenvalue weighted by molar-refractivity contribution is 9.09. The van der Waals surface area contributed by atoms with E-state index in [-0.39, 0.29) is 23.2 Å². The van der Waals surface area contributed by atoms with Gasteiger partial charge in [0.1, 0.15) is 57.2 Å². The van der Waals surface area contributed by atoms with Crippen LogP contribution in [0.4, 0.5) is 20.2 Å². The molecule has 0 amide bonds. The summed E-state index contributed by atoms with van der Waals surface area (Å²) in [6, 6.07) is 6.73. The van der Waals surface area contributed by atoms with Crippen LogP contribution in [-0.2, 0) is 9.47 Å². The van der Waals surface area contributed by atoms with Crippen LogP contribution in [0.5, 0.6) is 0 Å². The number of nitriles is 2. The van der Waals surface area contributed by atoms with E-state index in [2.05, 4.69) is 59.8 Å². The molecule has 0 saturated carbocycles. The number of aromatic nitrogens is 4. The lowest BCUT2D eigenvalue weighted by molar-refractivity contribution is 0.192. The van der Waals surface area contributed by atoms with Gasteiger partial charge in [-0.25, -0.2) is 8.78 Å². The van der Waals surface area contributed by atoms with E-state index >= 15 is 0 Å². The van der Waals surface area contributed by atoms with Gasteiger partial charge in [-0.2, -0.15) is 10.5 Å². The fourth-order valence-electron chi connectivity index (χ4n) is 6.65. The van der Waals surface area contributed by atoms with Crippen molar-refractivity contribution in [3.8, 4) is 12.1 Å². The Morgan fingerprint density at radius 2 is 1.25 bits per heavy atom. The molecule has 2 aliphatic heterocycles. The molecule has 0 unspecified atom stereocenters. The summed E-state index contributed by atoms with van der Waals surface area (Å²) in [6.45, 7) is 9.21. The number of ether oxygens (including phenoxy) is 2. The van der Waals surface area contributed by atoms with Crippen molar-refractivity contribution in [1.29, 1.82) is 10.5 Å². The molecule has 6 rings (SSSR count). The molecule has 0 radical (unpaired) electrons. The second kappa shape index (κ2) is 19.5. The summed E-state index contributed by atoms with van der Waals surface area (Å²) in [5, 5.41) is 22.8. The van der Waals surface area contributed by atoms with Crippen LogP contribution in [0, 0.1) is 46.1 Å². The van der Waals surface area contributed by atoms with E-state index < -0.39 is 11.6 Å². The van der Waals surface area contributed by atoms with Crippen molar-refractivity contribution in [2.24, 2.45) is 17.6 Å². The second-order valence-corrected chi connectivity index (χ2v) is 13.6. The molecule has 2 aliphatic rings. The van der Waals surface area contributed by atoms with Gasteiger partial charge in [-0.3, -0.25) is 19.9 Å². The predicted molar refractivity (Wildman–Crippen MR) is 198 cm³/mol. The largest absolute Gasteiger partial charge is 0.384 e. The zero-order valence-electron chi connectivity index (χ0n) is 29.5. The van der Waals surface area contributed by atoms with Gasteiger partial charge in [0, 0.05) is 89.1 Å². The number of nitrogens with zero attached hydrogens (tertiary/aromatic N) is 8. The van der Waals surface area contributed by atoms with E-state index in [1.54, 1.807) is 14.2 Å². The van der Waals surface area contributed by atoms with Crippen LogP contribution in [0.3, 0.4) is 0 Å². The number of nitrogens with two attached hydrogens (primary N) is 1. The minimum atomic E-state index is -0.444. The Morgan fingerprint density at radius 3 is 1.69 bits per heavy atom. The van der Waals surface area contributed by atoms with Crippen molar-refractivity contribution in [3.05, 3.63) is 59.7 Å². The van der Waals surface area contributed by atoms with Crippen molar-refractivity contribution in [2.75, 3.05) is 75.3 Å². The normalized spacial score (nSPS) is 20.1. The number of alkyl halides is 1. The van der Waals surface area contributed by atoms with Gasteiger partial charge in [0.15, 0.2) is 0 Å². The number of methoxy groups -OCH3 is 2. The molecule has 12 nitrogen and oxygen atoms in total. The predicted octanol–water partition coefficient (Wildman–Crippen LogP) is 4.93. The van der Waals surface area contributed by atoms with E-state index in [0.717, 1.165) is 44.4 Å². The Balaban J connectivity index is 0.000000204. The number of anilines is 2. The average molecular weight is 768 g/mol. The number of fused-ring (bicyclic) bond motifs is 2. The molecule has 272 valence electrons. The number of rotatable bonds is 8. The molecule has 3 N–H and O–H groups in total. The number of benzene rings is 2. The summed E-state index contributed by atoms with van der Waals surface area (Å²) in [7, 11) is 3.36. The third-order valence-electron chi connectivity index (χ3n) is 8.60. The topological polar surface area (TPSA) is 162 Å². The zero-order valence-corrected chi connectivity index (χ0v) is 31.0. The number of halogens is 3. The van der Waals surface area contributed by atoms with Crippen LogP contribution >= 0.6 is 15.9 Å². The highest BCUT2D eigenvalue weighted by Gasteiger charge is 2.29. The standard InChI is InChI=1S/C18H22FN5O.C15H16FN5.C3H7BrO/c1-12-7-14(21-5-6-25-2)11-24(10-12)18-15(19)8-13(9-20)16-17(18)23-4-3-22-16;1-9-4-11(18)8-21(7-9)15-12(16)5-10(6-17)13-14(15)20-3-2-19-13;1-5-3-2-4/h3-4,8,12,14,21H,5-7,10-11H2,1-2H3;2-3,5,9,11H,4,7-8,18H2,1H3;2-3H2,1H3/t12-,14+;9-,11+;/m00./s1. The molecule has 0 spiro atoms. The fraction of sp³-hybridized carbons (Fsp3) is 0.500. The maximum Gasteiger partial charge on any atom is 0.150 e. The van der Waals surface area contributed by atoms with Crippen molar-refractivity contribution in [3.63, 3.8) is 0 Å². The molecule has 51 heavy (non-hydrogen) atoms. The Kier molecular flexibility index (Phi) is 15.1. The van der Waals surface area contributed by atoms with Crippen LogP contribution in [0.25, 0.3) is 22.1 Å². The van der Waals surface area contributed by atoms with E-state index in [1.165, 1.54) is 36.9 Å². The van der Waals surface area contributed by atoms with Crippen LogP contribution in [-0.4, -0.2) is 97.5 Å². The molecule has 15 heteroatoms. The number of piperidine rings is 2. The first-order valence-corrected chi connectivity index (χ1v) is 18.0. The minimum Gasteiger partial charge on any atom is -0.384 e. The fourth-order valence-corrected chi connectivity index (χ4v) is 6.97. The molecule has 4 aromatic rings. The van der Waals surface area contributed by atoms with Gasteiger partial charge in [0.25, 0.3) is 0 Å². The van der Waals surface area contributed by atoms with Gasteiger partial charge in [-0.05, 0) is 36.8 Å². The van der Waals surface area contributed by atoms with Gasteiger partial charge >= 0.3 is 0 Å². The van der Waals surface area contributed by atoms with Crippen LogP contribution in [0.1, 0.15) is 37.8 Å². The summed E-state index contributed by atoms with van der Waals surface area (Å²) < 4.78 is 39.0. The lowest BCUT2D eigenvalue weighted by Gasteiger charge is -2.38. The van der Waals surface area contributed by atoms with E-state index in [1.807, 2.05) is 21.9 Å². The SMILES string of the molecule is COCCBr.COCCN[C@@H]1C[C@H](C)CN(c2c(F)cc(C#N)c3nccnc23)C1.C[C@H]1C[C@@H](N)CN(c2c(F)cc(C#N)c3nccnc23)C1. The molecule has 0 bridgehead atoms. The van der Waals surface area contributed by atoms with Gasteiger partial charge in [0.2, 0.25) is 0 Å². The van der Waals surface area contributed by atoms with Crippen molar-refractivity contribution < 1.29 is 18.3 Å². The molecular formula is C36H45BrF2N10O2. The first-order valence-electron chi connectivity index (χ1n) is 16.8. The van der Waals surface area contributed by atoms with Crippen molar-refractivity contribution >= 4 is 49.4 Å². The molecule has 4 atom stereocenters. The second-order valence-electron chi connectivity index (χ2n) is 12.8. The number of nitrogens with one attached hydrogen (secondary N) is 1. The monoisotopic (exact) mass is 766 g/mol. The Bertz CT molecular complexity index is 1830. The third kappa shape index (κ3) is 10.2. The Hall–Kier alpha value is -4.12. The smallest absolute Gasteiger partial charge is 0.150 e. The highest BCUT2D eigenvalue weighted by Crippen LogP contribution is 2.34. The number of hydrogen-bond donors (Lipinski definition) is 2. The Labute approximate surface area is 306 Å². The van der Waals surface area contributed by atoms with Crippen LogP contribution < -0.4 is 20.9 Å².